The van der Waals surface area contributed by atoms with Gasteiger partial charge in [-0.1, -0.05) is 5.16 Å². The lowest BCUT2D eigenvalue weighted by atomic mass is 10.3. The Morgan fingerprint density at radius 1 is 1.50 bits per heavy atom. The highest BCUT2D eigenvalue weighted by Gasteiger charge is 2.27. The first-order chi connectivity index (χ1) is 7.38. The van der Waals surface area contributed by atoms with Crippen LogP contribution < -0.4 is 5.73 Å². The monoisotopic (exact) mass is 239 g/mol. The fourth-order valence-electron chi connectivity index (χ4n) is 0.905. The number of ether oxygens (including phenoxy) is 1. The van der Waals surface area contributed by atoms with Crippen LogP contribution in [0.15, 0.2) is 4.52 Å². The van der Waals surface area contributed by atoms with Crippen molar-refractivity contribution in [2.45, 2.75) is 25.6 Å². The van der Waals surface area contributed by atoms with Crippen LogP contribution in [0.1, 0.15) is 24.7 Å². The molecule has 1 atom stereocenters. The second-order valence-corrected chi connectivity index (χ2v) is 3.26. The maximum atomic E-state index is 11.7. The standard InChI is InChI=1S/C8H12F3N3O2/c1-5(12)7-13-6(14-16-7)2-3-15-4-8(9,10)11/h5H,2-4,12H2,1H3/t5-/m1/s1. The van der Waals surface area contributed by atoms with E-state index in [0.29, 0.717) is 0 Å². The van der Waals surface area contributed by atoms with Gasteiger partial charge in [0.25, 0.3) is 0 Å². The molecule has 16 heavy (non-hydrogen) atoms. The Labute approximate surface area is 89.8 Å². The van der Waals surface area contributed by atoms with E-state index in [9.17, 15) is 13.2 Å². The predicted octanol–water partition coefficient (Wildman–Crippen LogP) is 1.21. The smallest absolute Gasteiger partial charge is 0.372 e. The molecule has 92 valence electrons. The van der Waals surface area contributed by atoms with Gasteiger partial charge in [0.05, 0.1) is 12.6 Å². The molecule has 0 amide bonds. The number of halogens is 3. The van der Waals surface area contributed by atoms with Crippen molar-refractivity contribution >= 4 is 0 Å². The lowest BCUT2D eigenvalue weighted by Gasteiger charge is -2.05. The lowest BCUT2D eigenvalue weighted by Crippen LogP contribution is -2.18. The SMILES string of the molecule is C[C@@H](N)c1nc(CCOCC(F)(F)F)no1. The summed E-state index contributed by atoms with van der Waals surface area (Å²) in [5.74, 6) is 0.542. The minimum atomic E-state index is -4.31. The van der Waals surface area contributed by atoms with Crippen molar-refractivity contribution in [2.75, 3.05) is 13.2 Å². The first-order valence-electron chi connectivity index (χ1n) is 4.61. The Balaban J connectivity index is 2.27. The van der Waals surface area contributed by atoms with Gasteiger partial charge >= 0.3 is 6.18 Å². The molecule has 0 aliphatic heterocycles. The third kappa shape index (κ3) is 4.58. The molecule has 0 fully saturated rings. The van der Waals surface area contributed by atoms with E-state index >= 15 is 0 Å². The van der Waals surface area contributed by atoms with Crippen LogP contribution in [0, 0.1) is 0 Å². The van der Waals surface area contributed by atoms with E-state index in [4.69, 9.17) is 10.3 Å². The van der Waals surface area contributed by atoms with Crippen molar-refractivity contribution in [3.63, 3.8) is 0 Å². The molecule has 1 aromatic rings. The topological polar surface area (TPSA) is 74.2 Å². The Kier molecular flexibility index (Phi) is 4.25. The molecule has 0 radical (unpaired) electrons. The van der Waals surface area contributed by atoms with Crippen LogP contribution in [-0.4, -0.2) is 29.5 Å². The number of nitrogens with zero attached hydrogens (tertiary/aromatic N) is 2. The van der Waals surface area contributed by atoms with Crippen molar-refractivity contribution < 1.29 is 22.4 Å². The summed E-state index contributed by atoms with van der Waals surface area (Å²) < 4.78 is 44.3. The molecule has 0 unspecified atom stereocenters. The summed E-state index contributed by atoms with van der Waals surface area (Å²) in [5.41, 5.74) is 5.46. The van der Waals surface area contributed by atoms with Crippen LogP contribution in [0.2, 0.25) is 0 Å². The molecular weight excluding hydrogens is 227 g/mol. The second kappa shape index (κ2) is 5.26. The first-order valence-corrected chi connectivity index (χ1v) is 4.61. The average Bonchev–Trinajstić information content (AvgIpc) is 2.59. The van der Waals surface area contributed by atoms with Crippen LogP contribution in [0.5, 0.6) is 0 Å². The Morgan fingerprint density at radius 2 is 2.19 bits per heavy atom. The number of nitrogens with two attached hydrogens (primary N) is 1. The van der Waals surface area contributed by atoms with E-state index < -0.39 is 18.8 Å². The maximum absolute atomic E-state index is 11.7. The summed E-state index contributed by atoms with van der Waals surface area (Å²) in [6.07, 6.45) is -4.15. The van der Waals surface area contributed by atoms with Gasteiger partial charge in [-0.3, -0.25) is 0 Å². The van der Waals surface area contributed by atoms with E-state index in [-0.39, 0.29) is 24.7 Å². The summed E-state index contributed by atoms with van der Waals surface area (Å²) in [6, 6.07) is -0.391. The fraction of sp³-hybridized carbons (Fsp3) is 0.750. The molecule has 0 spiro atoms. The molecule has 2 N–H and O–H groups in total. The number of hydrogen-bond acceptors (Lipinski definition) is 5. The molecule has 0 saturated carbocycles. The molecule has 0 aromatic carbocycles. The lowest BCUT2D eigenvalue weighted by molar-refractivity contribution is -0.173. The molecule has 0 bridgehead atoms. The van der Waals surface area contributed by atoms with Gasteiger partial charge in [-0.2, -0.15) is 18.2 Å². The molecule has 0 aliphatic carbocycles. The largest absolute Gasteiger partial charge is 0.411 e. The Morgan fingerprint density at radius 3 is 2.69 bits per heavy atom. The van der Waals surface area contributed by atoms with Crippen molar-refractivity contribution in [3.8, 4) is 0 Å². The Bertz CT molecular complexity index is 325. The molecule has 1 aromatic heterocycles. The van der Waals surface area contributed by atoms with E-state index in [0.717, 1.165) is 0 Å². The molecular formula is C8H12F3N3O2. The van der Waals surface area contributed by atoms with Gasteiger partial charge in [-0.15, -0.1) is 0 Å². The molecule has 5 nitrogen and oxygen atoms in total. The number of rotatable bonds is 5. The van der Waals surface area contributed by atoms with Gasteiger partial charge < -0.3 is 15.0 Å². The van der Waals surface area contributed by atoms with Gasteiger partial charge in [-0.25, -0.2) is 0 Å². The summed E-state index contributed by atoms with van der Waals surface area (Å²) in [6.45, 7) is 0.278. The summed E-state index contributed by atoms with van der Waals surface area (Å²) in [7, 11) is 0. The normalized spacial score (nSPS) is 14.1. The van der Waals surface area contributed by atoms with E-state index in [1.165, 1.54) is 0 Å². The number of alkyl halides is 3. The van der Waals surface area contributed by atoms with Gasteiger partial charge in [-0.05, 0) is 6.92 Å². The van der Waals surface area contributed by atoms with Crippen molar-refractivity contribution in [1.29, 1.82) is 0 Å². The zero-order valence-electron chi connectivity index (χ0n) is 8.62. The highest BCUT2D eigenvalue weighted by Crippen LogP contribution is 2.14. The predicted molar refractivity (Wildman–Crippen MR) is 47.5 cm³/mol. The van der Waals surface area contributed by atoms with E-state index in [2.05, 4.69) is 14.9 Å². The zero-order valence-corrected chi connectivity index (χ0v) is 8.62. The summed E-state index contributed by atoms with van der Waals surface area (Å²) in [5, 5.41) is 3.54. The second-order valence-electron chi connectivity index (χ2n) is 3.26. The minimum Gasteiger partial charge on any atom is -0.372 e. The molecule has 0 aliphatic rings. The number of aromatic nitrogens is 2. The van der Waals surface area contributed by atoms with Gasteiger partial charge in [0.2, 0.25) is 5.89 Å². The molecule has 8 heteroatoms. The van der Waals surface area contributed by atoms with Crippen LogP contribution in [0.25, 0.3) is 0 Å². The highest BCUT2D eigenvalue weighted by molar-refractivity contribution is 4.90. The first kappa shape index (κ1) is 12.9. The maximum Gasteiger partial charge on any atom is 0.411 e. The van der Waals surface area contributed by atoms with Crippen molar-refractivity contribution in [2.24, 2.45) is 5.73 Å². The van der Waals surface area contributed by atoms with Crippen LogP contribution in [0.4, 0.5) is 13.2 Å². The van der Waals surface area contributed by atoms with Crippen LogP contribution in [0.3, 0.4) is 0 Å². The molecule has 1 rings (SSSR count). The van der Waals surface area contributed by atoms with Crippen molar-refractivity contribution in [3.05, 3.63) is 11.7 Å². The third-order valence-corrected chi connectivity index (χ3v) is 1.61. The molecule has 0 saturated heterocycles. The number of hydrogen-bond donors (Lipinski definition) is 1. The van der Waals surface area contributed by atoms with Crippen molar-refractivity contribution in [1.82, 2.24) is 10.1 Å². The quantitative estimate of drug-likeness (QED) is 0.782. The van der Waals surface area contributed by atoms with Gasteiger partial charge in [0.1, 0.15) is 6.61 Å². The van der Waals surface area contributed by atoms with Gasteiger partial charge in [0, 0.05) is 6.42 Å². The average molecular weight is 239 g/mol. The zero-order chi connectivity index (χ0) is 12.2. The third-order valence-electron chi connectivity index (χ3n) is 1.61. The van der Waals surface area contributed by atoms with E-state index in [1.807, 2.05) is 0 Å². The van der Waals surface area contributed by atoms with Gasteiger partial charge in [0.15, 0.2) is 5.82 Å². The van der Waals surface area contributed by atoms with Crippen LogP contribution >= 0.6 is 0 Å². The molecule has 1 heterocycles. The van der Waals surface area contributed by atoms with E-state index in [1.54, 1.807) is 6.92 Å². The Hall–Kier alpha value is -1.15. The minimum absolute atomic E-state index is 0.114. The summed E-state index contributed by atoms with van der Waals surface area (Å²) in [4.78, 5) is 3.88. The fourth-order valence-corrected chi connectivity index (χ4v) is 0.905. The highest BCUT2D eigenvalue weighted by atomic mass is 19.4. The summed E-state index contributed by atoms with van der Waals surface area (Å²) >= 11 is 0. The van der Waals surface area contributed by atoms with Crippen LogP contribution in [-0.2, 0) is 11.2 Å².